The summed E-state index contributed by atoms with van der Waals surface area (Å²) in [6.45, 7) is 0.446. The highest BCUT2D eigenvalue weighted by molar-refractivity contribution is 6.16. The lowest BCUT2D eigenvalue weighted by molar-refractivity contribution is -0.117. The van der Waals surface area contributed by atoms with Crippen molar-refractivity contribution in [2.24, 2.45) is 0 Å². The number of fused-ring (bicyclic) bond motifs is 1. The van der Waals surface area contributed by atoms with E-state index >= 15 is 4.39 Å². The summed E-state index contributed by atoms with van der Waals surface area (Å²) in [5, 5.41) is 10.4. The van der Waals surface area contributed by atoms with Gasteiger partial charge in [-0.25, -0.2) is 18.2 Å². The Balaban J connectivity index is 1.83. The van der Waals surface area contributed by atoms with Crippen molar-refractivity contribution < 1.29 is 37.0 Å². The highest BCUT2D eigenvalue weighted by Gasteiger charge is 2.45. The Morgan fingerprint density at radius 3 is 2.64 bits per heavy atom. The minimum atomic E-state index is -3.28. The minimum Gasteiger partial charge on any atom is -0.503 e. The average molecular weight is 463 g/mol. The van der Waals surface area contributed by atoms with Gasteiger partial charge in [-0.05, 0) is 37.3 Å². The number of aromatic nitrogens is 2. The first kappa shape index (κ1) is 22.3. The molecule has 1 aromatic heterocycles. The van der Waals surface area contributed by atoms with Gasteiger partial charge in [-0.1, -0.05) is 0 Å². The molecule has 33 heavy (non-hydrogen) atoms. The van der Waals surface area contributed by atoms with E-state index < -0.39 is 64.5 Å². The number of aliphatic hydroxyl groups is 1. The number of aliphatic hydroxyl groups excluding tert-OH is 1. The normalized spacial score (nSPS) is 16.7. The summed E-state index contributed by atoms with van der Waals surface area (Å²) in [6, 6.07) is 4.97. The van der Waals surface area contributed by atoms with E-state index in [-0.39, 0.29) is 5.69 Å². The number of anilines is 1. The van der Waals surface area contributed by atoms with Crippen LogP contribution in [0.1, 0.15) is 25.5 Å². The van der Waals surface area contributed by atoms with Crippen molar-refractivity contribution in [1.82, 2.24) is 9.97 Å². The molecule has 0 saturated heterocycles. The first-order valence-electron chi connectivity index (χ1n) is 9.69. The summed E-state index contributed by atoms with van der Waals surface area (Å²) in [6.07, 6.45) is 1.42. The van der Waals surface area contributed by atoms with Gasteiger partial charge in [0.25, 0.3) is 11.8 Å². The number of nitrogens with zero attached hydrogens (tertiary/aromatic N) is 2. The Hall–Kier alpha value is -3.89. The van der Waals surface area contributed by atoms with Crippen LogP contribution in [0.3, 0.4) is 0 Å². The van der Waals surface area contributed by atoms with Gasteiger partial charge in [0.2, 0.25) is 5.82 Å². The van der Waals surface area contributed by atoms with E-state index in [0.717, 1.165) is 24.0 Å². The second-order valence-corrected chi connectivity index (χ2v) is 7.64. The number of nitrogens with one attached hydrogen (secondary N) is 1. The number of rotatable bonds is 6. The summed E-state index contributed by atoms with van der Waals surface area (Å²) < 4.78 is 60.6. The quantitative estimate of drug-likeness (QED) is 0.530. The van der Waals surface area contributed by atoms with Gasteiger partial charge in [-0.2, -0.15) is 4.39 Å². The summed E-state index contributed by atoms with van der Waals surface area (Å²) in [4.78, 5) is 33.0. The molecule has 1 atom stereocenters. The van der Waals surface area contributed by atoms with E-state index in [0.29, 0.717) is 18.0 Å². The smallest absolute Gasteiger partial charge is 0.294 e. The van der Waals surface area contributed by atoms with E-state index in [4.69, 9.17) is 0 Å². The van der Waals surface area contributed by atoms with Gasteiger partial charge in [0, 0.05) is 18.2 Å². The number of alkyl halides is 2. The third-order valence-corrected chi connectivity index (χ3v) is 5.12. The monoisotopic (exact) mass is 463 g/mol. The molecular weight excluding hydrogens is 446 g/mol. The maximum atomic E-state index is 15.1. The van der Waals surface area contributed by atoms with Gasteiger partial charge in [0.1, 0.15) is 0 Å². The molecule has 172 valence electrons. The number of Topliss-reactive ketones (excluding diaryl/α,β-unsaturated/α-hetero) is 1. The van der Waals surface area contributed by atoms with Crippen LogP contribution in [0.5, 0.6) is 5.75 Å². The fourth-order valence-electron chi connectivity index (χ4n) is 3.67. The number of hydrogen-bond donors (Lipinski definition) is 2. The maximum Gasteiger partial charge on any atom is 0.294 e. The van der Waals surface area contributed by atoms with Crippen molar-refractivity contribution in [3.8, 4) is 5.75 Å². The van der Waals surface area contributed by atoms with E-state index in [9.17, 15) is 27.9 Å². The molecule has 1 amide bonds. The first-order chi connectivity index (χ1) is 15.5. The van der Waals surface area contributed by atoms with Crippen LogP contribution in [-0.4, -0.2) is 39.3 Å². The molecule has 11 heteroatoms. The Morgan fingerprint density at radius 1 is 1.24 bits per heavy atom. The molecule has 0 saturated carbocycles. The van der Waals surface area contributed by atoms with E-state index in [2.05, 4.69) is 14.7 Å². The second-order valence-electron chi connectivity index (χ2n) is 7.64. The van der Waals surface area contributed by atoms with E-state index in [1.165, 1.54) is 18.5 Å². The van der Waals surface area contributed by atoms with Crippen LogP contribution in [-0.2, 0) is 9.59 Å². The molecule has 0 aliphatic carbocycles. The molecule has 1 aliphatic rings. The predicted molar refractivity (Wildman–Crippen MR) is 109 cm³/mol. The molecule has 0 radical (unpaired) electrons. The van der Waals surface area contributed by atoms with Crippen LogP contribution in [0.25, 0.3) is 11.0 Å². The van der Waals surface area contributed by atoms with Crippen LogP contribution in [0.2, 0.25) is 0 Å². The SMILES string of the molecule is CC(=O)C1=C(O)C(=O)N(c2ccc3[nH]cnc3c2)C1c1ccc(OCC(C)(F)F)c(F)c1F. The fourth-order valence-corrected chi connectivity index (χ4v) is 3.67. The Bertz CT molecular complexity index is 1310. The van der Waals surface area contributed by atoms with Crippen molar-refractivity contribution in [2.45, 2.75) is 25.8 Å². The van der Waals surface area contributed by atoms with Gasteiger partial charge >= 0.3 is 0 Å². The highest BCUT2D eigenvalue weighted by Crippen LogP contribution is 2.43. The number of amides is 1. The van der Waals surface area contributed by atoms with Gasteiger partial charge in [0.15, 0.2) is 29.7 Å². The maximum absolute atomic E-state index is 15.1. The zero-order valence-corrected chi connectivity index (χ0v) is 17.3. The zero-order valence-electron chi connectivity index (χ0n) is 17.3. The van der Waals surface area contributed by atoms with Crippen LogP contribution in [0, 0.1) is 11.6 Å². The van der Waals surface area contributed by atoms with Crippen molar-refractivity contribution in [2.75, 3.05) is 11.5 Å². The van der Waals surface area contributed by atoms with Gasteiger partial charge in [-0.15, -0.1) is 0 Å². The molecule has 1 unspecified atom stereocenters. The van der Waals surface area contributed by atoms with Crippen molar-refractivity contribution >= 4 is 28.4 Å². The molecule has 4 rings (SSSR count). The number of aromatic amines is 1. The topological polar surface area (TPSA) is 95.5 Å². The first-order valence-corrected chi connectivity index (χ1v) is 9.69. The molecule has 1 aliphatic heterocycles. The number of benzene rings is 2. The molecule has 2 heterocycles. The number of ether oxygens (including phenoxy) is 1. The Morgan fingerprint density at radius 2 is 1.97 bits per heavy atom. The lowest BCUT2D eigenvalue weighted by atomic mass is 9.95. The second kappa shape index (κ2) is 7.91. The highest BCUT2D eigenvalue weighted by atomic mass is 19.3. The lowest BCUT2D eigenvalue weighted by Crippen LogP contribution is -2.31. The Kier molecular flexibility index (Phi) is 5.35. The van der Waals surface area contributed by atoms with Crippen molar-refractivity contribution in [3.05, 3.63) is 65.2 Å². The molecule has 2 N–H and O–H groups in total. The molecule has 0 spiro atoms. The molecule has 7 nitrogen and oxygen atoms in total. The van der Waals surface area contributed by atoms with E-state index in [1.54, 1.807) is 6.07 Å². The summed E-state index contributed by atoms with van der Waals surface area (Å²) in [7, 11) is 0. The Labute approximate surface area is 184 Å². The van der Waals surface area contributed by atoms with Crippen LogP contribution in [0.4, 0.5) is 23.2 Å². The fraction of sp³-hybridized carbons (Fsp3) is 0.227. The van der Waals surface area contributed by atoms with Crippen LogP contribution in [0.15, 0.2) is 48.0 Å². The number of halogens is 4. The number of ketones is 1. The standard InChI is InChI=1S/C22H17F4N3O4/c1-10(30)16-19(12-4-6-15(18(24)17(12)23)33-8-22(2,25)26)29(21(32)20(16)31)11-3-5-13-14(7-11)28-9-27-13/h3-7,9,19,31H,8H2,1-2H3,(H,27,28). The van der Waals surface area contributed by atoms with Crippen LogP contribution < -0.4 is 9.64 Å². The molecule has 3 aromatic rings. The van der Waals surface area contributed by atoms with Gasteiger partial charge in [-0.3, -0.25) is 14.5 Å². The van der Waals surface area contributed by atoms with Gasteiger partial charge in [0.05, 0.1) is 29.0 Å². The van der Waals surface area contributed by atoms with E-state index in [1.807, 2.05) is 0 Å². The third kappa shape index (κ3) is 3.90. The minimum absolute atomic E-state index is 0.165. The summed E-state index contributed by atoms with van der Waals surface area (Å²) in [5.41, 5.74) is 0.350. The number of carbonyl (C=O) groups is 2. The van der Waals surface area contributed by atoms with Crippen molar-refractivity contribution in [3.63, 3.8) is 0 Å². The predicted octanol–water partition coefficient (Wildman–Crippen LogP) is 4.36. The summed E-state index contributed by atoms with van der Waals surface area (Å²) in [5.74, 6) is -9.75. The largest absolute Gasteiger partial charge is 0.503 e. The lowest BCUT2D eigenvalue weighted by Gasteiger charge is -2.27. The molecule has 0 bridgehead atoms. The molecule has 2 aromatic carbocycles. The average Bonchev–Trinajstić information content (AvgIpc) is 3.30. The van der Waals surface area contributed by atoms with Crippen molar-refractivity contribution in [1.29, 1.82) is 0 Å². The summed E-state index contributed by atoms with van der Waals surface area (Å²) >= 11 is 0. The molecule has 0 fully saturated rings. The zero-order chi connectivity index (χ0) is 24.1. The number of hydrogen-bond acceptors (Lipinski definition) is 5. The van der Waals surface area contributed by atoms with Gasteiger partial charge < -0.3 is 14.8 Å². The number of H-pyrrole nitrogens is 1. The number of imidazole rings is 1. The third-order valence-electron chi connectivity index (χ3n) is 5.12. The van der Waals surface area contributed by atoms with Crippen LogP contribution >= 0.6 is 0 Å². The molecular formula is C22H17F4N3O4. The number of carbonyl (C=O) groups excluding carboxylic acids is 2.